The first kappa shape index (κ1) is 11.0. The molecule has 0 aliphatic heterocycles. The third-order valence-electron chi connectivity index (χ3n) is 2.11. The topological polar surface area (TPSA) is 54.2 Å². The molecule has 0 saturated carbocycles. The molecule has 0 aliphatic carbocycles. The van der Waals surface area contributed by atoms with Gasteiger partial charge in [-0.15, -0.1) is 5.10 Å². The molecule has 1 atom stereocenters. The average molecular weight is 198 g/mol. The van der Waals surface area contributed by atoms with Gasteiger partial charge in [0.25, 0.3) is 0 Å². The number of hydrogen-bond donors (Lipinski definition) is 1. The number of rotatable bonds is 5. The fourth-order valence-corrected chi connectivity index (χ4v) is 1.08. The van der Waals surface area contributed by atoms with Crippen LogP contribution in [0.15, 0.2) is 4.42 Å². The molecule has 0 saturated heterocycles. The Balaban J connectivity index is 2.67. The molecule has 0 aromatic carbocycles. The molecule has 0 fully saturated rings. The largest absolute Gasteiger partial charge is 0.406 e. The van der Waals surface area contributed by atoms with Crippen LogP contribution >= 0.6 is 0 Å². The summed E-state index contributed by atoms with van der Waals surface area (Å²) in [6, 6.07) is 0.693. The maximum absolute atomic E-state index is 5.49. The van der Waals surface area contributed by atoms with Crippen LogP contribution in [0.2, 0.25) is 0 Å². The molecule has 1 unspecified atom stereocenters. The van der Waals surface area contributed by atoms with Gasteiger partial charge in [0.05, 0.1) is 6.04 Å². The molecule has 0 bridgehead atoms. The second-order valence-electron chi connectivity index (χ2n) is 3.22. The van der Waals surface area contributed by atoms with Crippen LogP contribution in [-0.2, 0) is 0 Å². The fraction of sp³-hybridized carbons (Fsp3) is 0.778. The van der Waals surface area contributed by atoms with E-state index in [1.54, 1.807) is 0 Å². The van der Waals surface area contributed by atoms with Crippen LogP contribution in [-0.4, -0.2) is 30.3 Å². The highest BCUT2D eigenvalue weighted by Crippen LogP contribution is 2.15. The molecule has 0 spiro atoms. The van der Waals surface area contributed by atoms with Gasteiger partial charge in [0.2, 0.25) is 5.89 Å². The highest BCUT2D eigenvalue weighted by Gasteiger charge is 2.14. The van der Waals surface area contributed by atoms with Gasteiger partial charge >= 0.3 is 6.01 Å². The standard InChI is InChI=1S/C9H18N4O/c1-5-10-7(3)8-11-12-9(14-8)13(4)6-2/h7,10H,5-6H2,1-4H3. The lowest BCUT2D eigenvalue weighted by Gasteiger charge is -2.10. The van der Waals surface area contributed by atoms with E-state index < -0.39 is 0 Å². The third kappa shape index (κ3) is 2.45. The van der Waals surface area contributed by atoms with Gasteiger partial charge in [0.15, 0.2) is 0 Å². The Labute approximate surface area is 84.5 Å². The lowest BCUT2D eigenvalue weighted by Crippen LogP contribution is -2.18. The molecule has 0 radical (unpaired) electrons. The molecule has 14 heavy (non-hydrogen) atoms. The highest BCUT2D eigenvalue weighted by atomic mass is 16.4. The highest BCUT2D eigenvalue weighted by molar-refractivity contribution is 5.21. The number of anilines is 1. The number of hydrogen-bond acceptors (Lipinski definition) is 5. The van der Waals surface area contributed by atoms with Crippen molar-refractivity contribution in [2.24, 2.45) is 0 Å². The number of nitrogens with one attached hydrogen (secondary N) is 1. The third-order valence-corrected chi connectivity index (χ3v) is 2.11. The van der Waals surface area contributed by atoms with Gasteiger partial charge in [0, 0.05) is 13.6 Å². The molecular weight excluding hydrogens is 180 g/mol. The number of nitrogens with zero attached hydrogens (tertiary/aromatic N) is 3. The molecule has 5 heteroatoms. The lowest BCUT2D eigenvalue weighted by atomic mass is 10.3. The van der Waals surface area contributed by atoms with Crippen molar-refractivity contribution in [1.29, 1.82) is 0 Å². The zero-order valence-electron chi connectivity index (χ0n) is 9.24. The summed E-state index contributed by atoms with van der Waals surface area (Å²) in [5, 5.41) is 11.2. The molecule has 80 valence electrons. The Morgan fingerprint density at radius 1 is 1.43 bits per heavy atom. The van der Waals surface area contributed by atoms with Crippen LogP contribution < -0.4 is 10.2 Å². The maximum atomic E-state index is 5.49. The summed E-state index contributed by atoms with van der Waals surface area (Å²) in [6.45, 7) is 7.84. The summed E-state index contributed by atoms with van der Waals surface area (Å²) in [5.74, 6) is 0.641. The van der Waals surface area contributed by atoms with E-state index in [-0.39, 0.29) is 6.04 Å². The maximum Gasteiger partial charge on any atom is 0.317 e. The SMILES string of the molecule is CCNC(C)c1nnc(N(C)CC)o1. The molecule has 1 aromatic rings. The molecule has 1 N–H and O–H groups in total. The smallest absolute Gasteiger partial charge is 0.317 e. The second-order valence-corrected chi connectivity index (χ2v) is 3.22. The Kier molecular flexibility index (Phi) is 3.88. The Morgan fingerprint density at radius 3 is 2.71 bits per heavy atom. The first-order valence-electron chi connectivity index (χ1n) is 4.96. The van der Waals surface area contributed by atoms with Crippen LogP contribution in [0.1, 0.15) is 32.7 Å². The fourth-order valence-electron chi connectivity index (χ4n) is 1.08. The molecule has 1 heterocycles. The first-order chi connectivity index (χ1) is 6.69. The van der Waals surface area contributed by atoms with E-state index in [0.29, 0.717) is 11.9 Å². The van der Waals surface area contributed by atoms with Crippen LogP contribution in [0.4, 0.5) is 6.01 Å². The van der Waals surface area contributed by atoms with Gasteiger partial charge < -0.3 is 14.6 Å². The Morgan fingerprint density at radius 2 is 2.14 bits per heavy atom. The van der Waals surface area contributed by atoms with Crippen molar-refractivity contribution in [2.45, 2.75) is 26.8 Å². The zero-order chi connectivity index (χ0) is 10.6. The Hall–Kier alpha value is -1.10. The molecular formula is C9H18N4O. The minimum absolute atomic E-state index is 0.117. The number of aromatic nitrogens is 2. The van der Waals surface area contributed by atoms with Gasteiger partial charge in [-0.2, -0.15) is 0 Å². The molecule has 1 aromatic heterocycles. The molecule has 1 rings (SSSR count). The summed E-state index contributed by atoms with van der Waals surface area (Å²) < 4.78 is 5.49. The van der Waals surface area contributed by atoms with E-state index >= 15 is 0 Å². The second kappa shape index (κ2) is 4.95. The summed E-state index contributed by atoms with van der Waals surface area (Å²) in [5.41, 5.74) is 0. The van der Waals surface area contributed by atoms with E-state index in [1.165, 1.54) is 0 Å². The zero-order valence-corrected chi connectivity index (χ0v) is 9.24. The summed E-state index contributed by atoms with van der Waals surface area (Å²) in [7, 11) is 1.93. The van der Waals surface area contributed by atoms with E-state index in [9.17, 15) is 0 Å². The summed E-state index contributed by atoms with van der Waals surface area (Å²) in [6.07, 6.45) is 0. The van der Waals surface area contributed by atoms with E-state index in [1.807, 2.05) is 32.7 Å². The van der Waals surface area contributed by atoms with Gasteiger partial charge in [0.1, 0.15) is 0 Å². The molecule has 0 amide bonds. The normalized spacial score (nSPS) is 12.9. The van der Waals surface area contributed by atoms with Crippen molar-refractivity contribution in [3.05, 3.63) is 5.89 Å². The monoisotopic (exact) mass is 198 g/mol. The van der Waals surface area contributed by atoms with Gasteiger partial charge in [-0.25, -0.2) is 0 Å². The predicted octanol–water partition coefficient (Wildman–Crippen LogP) is 1.20. The lowest BCUT2D eigenvalue weighted by molar-refractivity contribution is 0.422. The van der Waals surface area contributed by atoms with Gasteiger partial charge in [-0.3, -0.25) is 0 Å². The summed E-state index contributed by atoms with van der Waals surface area (Å²) in [4.78, 5) is 1.91. The van der Waals surface area contributed by atoms with E-state index in [0.717, 1.165) is 13.1 Å². The predicted molar refractivity (Wildman–Crippen MR) is 55.3 cm³/mol. The van der Waals surface area contributed by atoms with Crippen LogP contribution in [0.3, 0.4) is 0 Å². The summed E-state index contributed by atoms with van der Waals surface area (Å²) >= 11 is 0. The van der Waals surface area contributed by atoms with Crippen molar-refractivity contribution in [3.63, 3.8) is 0 Å². The van der Waals surface area contributed by atoms with Crippen molar-refractivity contribution in [1.82, 2.24) is 15.5 Å². The quantitative estimate of drug-likeness (QED) is 0.770. The van der Waals surface area contributed by atoms with Crippen LogP contribution in [0.25, 0.3) is 0 Å². The van der Waals surface area contributed by atoms with Gasteiger partial charge in [-0.1, -0.05) is 12.0 Å². The molecule has 0 aliphatic rings. The Bertz CT molecular complexity index is 274. The van der Waals surface area contributed by atoms with E-state index in [2.05, 4.69) is 15.5 Å². The van der Waals surface area contributed by atoms with Crippen molar-refractivity contribution in [2.75, 3.05) is 25.0 Å². The minimum Gasteiger partial charge on any atom is -0.406 e. The average Bonchev–Trinajstić information content (AvgIpc) is 2.66. The first-order valence-corrected chi connectivity index (χ1v) is 4.96. The molecule has 5 nitrogen and oxygen atoms in total. The van der Waals surface area contributed by atoms with Crippen molar-refractivity contribution in [3.8, 4) is 0 Å². The van der Waals surface area contributed by atoms with Crippen LogP contribution in [0.5, 0.6) is 0 Å². The van der Waals surface area contributed by atoms with E-state index in [4.69, 9.17) is 4.42 Å². The minimum atomic E-state index is 0.117. The van der Waals surface area contributed by atoms with Gasteiger partial charge in [-0.05, 0) is 20.4 Å². The van der Waals surface area contributed by atoms with Crippen molar-refractivity contribution < 1.29 is 4.42 Å². The van der Waals surface area contributed by atoms with Crippen LogP contribution in [0, 0.1) is 0 Å². The van der Waals surface area contributed by atoms with Crippen molar-refractivity contribution >= 4 is 6.01 Å².